The molecule has 0 aliphatic carbocycles. The van der Waals surface area contributed by atoms with E-state index in [-0.39, 0.29) is 36.6 Å². The molecule has 2 aromatic rings. The van der Waals surface area contributed by atoms with Gasteiger partial charge >= 0.3 is 5.97 Å². The molecule has 0 bridgehead atoms. The van der Waals surface area contributed by atoms with Crippen LogP contribution < -0.4 is 5.32 Å². The lowest BCUT2D eigenvalue weighted by Gasteiger charge is -2.29. The van der Waals surface area contributed by atoms with Crippen molar-refractivity contribution in [1.29, 1.82) is 0 Å². The minimum absolute atomic E-state index is 0.117. The molecule has 2 aliphatic rings. The predicted octanol–water partition coefficient (Wildman–Crippen LogP) is 1.09. The fraction of sp³-hybridized carbons (Fsp3) is 0.375. The number of carbonyl (C=O) groups excluding carboxylic acids is 3. The van der Waals surface area contributed by atoms with Gasteiger partial charge in [0.05, 0.1) is 7.11 Å². The van der Waals surface area contributed by atoms with Crippen molar-refractivity contribution in [2.24, 2.45) is 11.8 Å². The summed E-state index contributed by atoms with van der Waals surface area (Å²) in [5.74, 6) is -2.44. The molecular weight excluding hydrogens is 396 g/mol. The quantitative estimate of drug-likeness (QED) is 0.554. The van der Waals surface area contributed by atoms with Gasteiger partial charge in [-0.3, -0.25) is 14.5 Å². The number of aromatic hydroxyl groups is 1. The van der Waals surface area contributed by atoms with Crippen LogP contribution in [0.25, 0.3) is 0 Å². The normalized spacial score (nSPS) is 27.5. The van der Waals surface area contributed by atoms with Crippen LogP contribution in [0.2, 0.25) is 0 Å². The predicted molar refractivity (Wildman–Crippen MR) is 112 cm³/mol. The van der Waals surface area contributed by atoms with Crippen LogP contribution in [0.5, 0.6) is 5.75 Å². The highest BCUT2D eigenvalue weighted by Crippen LogP contribution is 2.46. The number of quaternary nitrogens is 1. The molecule has 2 fully saturated rings. The number of nitrogens with two attached hydrogens (primary N) is 1. The van der Waals surface area contributed by atoms with E-state index in [1.807, 2.05) is 36.5 Å². The molecule has 0 saturated carbocycles. The van der Waals surface area contributed by atoms with Crippen LogP contribution in [0.3, 0.4) is 0 Å². The molecule has 0 radical (unpaired) electrons. The topological polar surface area (TPSA) is 101 Å². The Labute approximate surface area is 181 Å². The molecule has 4 atom stereocenters. The zero-order valence-electron chi connectivity index (χ0n) is 17.9. The van der Waals surface area contributed by atoms with E-state index in [9.17, 15) is 19.5 Å². The minimum Gasteiger partial charge on any atom is -0.508 e. The second-order valence-corrected chi connectivity index (χ2v) is 8.35. The van der Waals surface area contributed by atoms with Crippen LogP contribution in [0, 0.1) is 18.8 Å². The maximum Gasteiger partial charge on any atom is 0.369 e. The Hall–Kier alpha value is -3.19. The van der Waals surface area contributed by atoms with Gasteiger partial charge in [0.2, 0.25) is 17.4 Å². The number of esters is 1. The molecule has 162 valence electrons. The van der Waals surface area contributed by atoms with E-state index in [0.29, 0.717) is 0 Å². The number of likely N-dealkylation sites (tertiary alicyclic amines) is 1. The van der Waals surface area contributed by atoms with Gasteiger partial charge in [-0.15, -0.1) is 0 Å². The first-order chi connectivity index (χ1) is 14.8. The Morgan fingerprint density at radius 3 is 2.42 bits per heavy atom. The molecule has 2 amide bonds. The largest absolute Gasteiger partial charge is 0.508 e. The molecule has 2 heterocycles. The van der Waals surface area contributed by atoms with Gasteiger partial charge in [0, 0.05) is 18.5 Å². The number of methoxy groups -OCH3 is 1. The third-order valence-electron chi connectivity index (χ3n) is 6.72. The Morgan fingerprint density at radius 2 is 1.81 bits per heavy atom. The van der Waals surface area contributed by atoms with E-state index < -0.39 is 23.3 Å². The summed E-state index contributed by atoms with van der Waals surface area (Å²) in [4.78, 5) is 41.3. The van der Waals surface area contributed by atoms with Crippen LogP contribution >= 0.6 is 0 Å². The molecule has 0 spiro atoms. The molecular formula is C24H27N2O5+. The maximum absolute atomic E-state index is 13.4. The van der Waals surface area contributed by atoms with E-state index in [4.69, 9.17) is 4.74 Å². The van der Waals surface area contributed by atoms with Gasteiger partial charge in [0.25, 0.3) is 0 Å². The highest BCUT2D eigenvalue weighted by molar-refractivity contribution is 6.08. The number of carbonyl (C=O) groups is 3. The van der Waals surface area contributed by atoms with Gasteiger partial charge in [0.15, 0.2) is 0 Å². The Morgan fingerprint density at radius 1 is 1.13 bits per heavy atom. The number of fused-ring (bicyclic) bond motifs is 1. The smallest absolute Gasteiger partial charge is 0.369 e. The van der Waals surface area contributed by atoms with Crippen LogP contribution in [-0.4, -0.2) is 47.0 Å². The number of hydrogen-bond donors (Lipinski definition) is 2. The van der Waals surface area contributed by atoms with Gasteiger partial charge in [-0.1, -0.05) is 36.4 Å². The van der Waals surface area contributed by atoms with Crippen molar-refractivity contribution in [2.75, 3.05) is 13.7 Å². The third-order valence-corrected chi connectivity index (χ3v) is 6.72. The molecule has 2 aliphatic heterocycles. The number of amides is 2. The van der Waals surface area contributed by atoms with Gasteiger partial charge in [-0.05, 0) is 37.1 Å². The molecule has 31 heavy (non-hydrogen) atoms. The summed E-state index contributed by atoms with van der Waals surface area (Å²) >= 11 is 0. The lowest BCUT2D eigenvalue weighted by atomic mass is 9.76. The molecule has 2 saturated heterocycles. The Kier molecular flexibility index (Phi) is 5.31. The summed E-state index contributed by atoms with van der Waals surface area (Å²) in [5, 5.41) is 11.5. The molecule has 3 N–H and O–H groups in total. The Balaban J connectivity index is 1.88. The minimum atomic E-state index is -1.28. The van der Waals surface area contributed by atoms with Gasteiger partial charge in [-0.2, -0.15) is 0 Å². The standard InChI is InChI=1S/C24H26N2O5/c1-4-26-21(28)18-19(22(26)29)24(23(30)31-3,13-15-9-11-16(27)12-10-15)25-20(18)17-8-6-5-7-14(17)2/h5-12,18-20,25,27H,4,13H2,1-3H3/p+1/t18-,19+,20+,24-/m1/s1. The molecule has 4 rings (SSSR count). The molecule has 2 aromatic carbocycles. The number of aryl methyl sites for hydroxylation is 1. The fourth-order valence-electron chi connectivity index (χ4n) is 5.32. The summed E-state index contributed by atoms with van der Waals surface area (Å²) < 4.78 is 5.21. The summed E-state index contributed by atoms with van der Waals surface area (Å²) in [6.45, 7) is 4.00. The van der Waals surface area contributed by atoms with Crippen molar-refractivity contribution in [3.05, 3.63) is 65.2 Å². The van der Waals surface area contributed by atoms with E-state index in [1.165, 1.54) is 12.0 Å². The monoisotopic (exact) mass is 423 g/mol. The maximum atomic E-state index is 13.4. The average Bonchev–Trinajstić information content (AvgIpc) is 3.23. The lowest BCUT2D eigenvalue weighted by Crippen LogP contribution is -2.98. The number of benzene rings is 2. The summed E-state index contributed by atoms with van der Waals surface area (Å²) in [6, 6.07) is 13.9. The van der Waals surface area contributed by atoms with Crippen molar-refractivity contribution in [2.45, 2.75) is 31.8 Å². The van der Waals surface area contributed by atoms with E-state index in [0.717, 1.165) is 16.7 Å². The molecule has 7 heteroatoms. The first kappa shape index (κ1) is 21.1. The lowest BCUT2D eigenvalue weighted by molar-refractivity contribution is -0.734. The van der Waals surface area contributed by atoms with Gasteiger partial charge in [-0.25, -0.2) is 4.79 Å². The van der Waals surface area contributed by atoms with Gasteiger partial charge in [0.1, 0.15) is 23.6 Å². The highest BCUT2D eigenvalue weighted by atomic mass is 16.5. The number of phenols is 1. The number of phenolic OH excluding ortho intramolecular Hbond substituents is 1. The van der Waals surface area contributed by atoms with Gasteiger partial charge < -0.3 is 15.2 Å². The number of hydrogen-bond acceptors (Lipinski definition) is 5. The number of rotatable bonds is 5. The zero-order valence-corrected chi connectivity index (χ0v) is 17.9. The summed E-state index contributed by atoms with van der Waals surface area (Å²) in [6.07, 6.45) is 0.208. The molecule has 0 aromatic heterocycles. The summed E-state index contributed by atoms with van der Waals surface area (Å²) in [7, 11) is 1.31. The van der Waals surface area contributed by atoms with E-state index >= 15 is 0 Å². The third kappa shape index (κ3) is 3.20. The number of nitrogens with zero attached hydrogens (tertiary/aromatic N) is 1. The fourth-order valence-corrected chi connectivity index (χ4v) is 5.32. The SMILES string of the molecule is CCN1C(=O)[C@@H]2[C@@H](C1=O)[C@](Cc1ccc(O)cc1)(C(=O)OC)[NH2+][C@H]2c1ccccc1C. The van der Waals surface area contributed by atoms with Crippen molar-refractivity contribution in [3.63, 3.8) is 0 Å². The van der Waals surface area contributed by atoms with Crippen molar-refractivity contribution in [1.82, 2.24) is 4.90 Å². The van der Waals surface area contributed by atoms with E-state index in [2.05, 4.69) is 0 Å². The Bertz CT molecular complexity index is 1030. The van der Waals surface area contributed by atoms with Crippen molar-refractivity contribution in [3.8, 4) is 5.75 Å². The van der Waals surface area contributed by atoms with Crippen LogP contribution in [0.1, 0.15) is 29.7 Å². The number of ether oxygens (including phenoxy) is 1. The molecule has 7 nitrogen and oxygen atoms in total. The first-order valence-corrected chi connectivity index (χ1v) is 10.5. The van der Waals surface area contributed by atoms with Crippen LogP contribution in [0.15, 0.2) is 48.5 Å². The summed E-state index contributed by atoms with van der Waals surface area (Å²) in [5.41, 5.74) is 1.44. The molecule has 0 unspecified atom stereocenters. The first-order valence-electron chi connectivity index (χ1n) is 10.5. The average molecular weight is 423 g/mol. The number of imide groups is 1. The van der Waals surface area contributed by atoms with Crippen LogP contribution in [0.4, 0.5) is 0 Å². The highest BCUT2D eigenvalue weighted by Gasteiger charge is 2.72. The van der Waals surface area contributed by atoms with Crippen molar-refractivity contribution >= 4 is 17.8 Å². The van der Waals surface area contributed by atoms with Crippen molar-refractivity contribution < 1.29 is 29.5 Å². The second kappa shape index (κ2) is 7.81. The second-order valence-electron chi connectivity index (χ2n) is 8.35. The van der Waals surface area contributed by atoms with E-state index in [1.54, 1.807) is 31.2 Å². The van der Waals surface area contributed by atoms with Crippen LogP contribution in [-0.2, 0) is 25.5 Å². The zero-order chi connectivity index (χ0) is 22.3.